The Morgan fingerprint density at radius 3 is 2.70 bits per heavy atom. The molecule has 0 fully saturated rings. The van der Waals surface area contributed by atoms with Crippen LogP contribution < -0.4 is 10.1 Å². The normalized spacial score (nSPS) is 11.3. The van der Waals surface area contributed by atoms with Crippen molar-refractivity contribution in [1.29, 1.82) is 0 Å². The zero-order valence-corrected chi connectivity index (χ0v) is 16.7. The first-order valence-corrected chi connectivity index (χ1v) is 9.78. The summed E-state index contributed by atoms with van der Waals surface area (Å²) in [7, 11) is 0. The van der Waals surface area contributed by atoms with Gasteiger partial charge < -0.3 is 14.5 Å². The van der Waals surface area contributed by atoms with Crippen molar-refractivity contribution in [2.24, 2.45) is 0 Å². The average Bonchev–Trinajstić information content (AvgIpc) is 3.19. The van der Waals surface area contributed by atoms with Crippen molar-refractivity contribution in [3.8, 4) is 17.3 Å². The van der Waals surface area contributed by atoms with Gasteiger partial charge in [-0.2, -0.15) is 13.2 Å². The smallest absolute Gasteiger partial charge is 0.422 e. The van der Waals surface area contributed by atoms with Crippen molar-refractivity contribution in [2.75, 3.05) is 12.4 Å². The number of pyridine rings is 1. The minimum Gasteiger partial charge on any atom is -0.468 e. The van der Waals surface area contributed by atoms with Crippen LogP contribution in [0.4, 0.5) is 13.2 Å². The number of benzene rings is 1. The largest absolute Gasteiger partial charge is 0.468 e. The lowest BCUT2D eigenvalue weighted by molar-refractivity contribution is -0.154. The first-order valence-electron chi connectivity index (χ1n) is 8.42. The van der Waals surface area contributed by atoms with Crippen LogP contribution in [0.1, 0.15) is 5.56 Å². The zero-order chi connectivity index (χ0) is 21.6. The summed E-state index contributed by atoms with van der Waals surface area (Å²) >= 11 is 6.89. The third kappa shape index (κ3) is 6.92. The molecule has 0 aliphatic rings. The van der Waals surface area contributed by atoms with Gasteiger partial charge in [-0.3, -0.25) is 4.79 Å². The Balaban J connectivity index is 1.46. The predicted octanol–water partition coefficient (Wildman–Crippen LogP) is 4.13. The fourth-order valence-corrected chi connectivity index (χ4v) is 2.87. The fourth-order valence-electron chi connectivity index (χ4n) is 2.15. The molecule has 1 aromatic carbocycles. The van der Waals surface area contributed by atoms with Crippen LogP contribution in [-0.2, 0) is 11.3 Å². The molecule has 0 bridgehead atoms. The Morgan fingerprint density at radius 1 is 1.20 bits per heavy atom. The van der Waals surface area contributed by atoms with Crippen molar-refractivity contribution in [3.63, 3.8) is 0 Å². The molecule has 1 N–H and O–H groups in total. The van der Waals surface area contributed by atoms with Gasteiger partial charge in [0.25, 0.3) is 5.22 Å². The molecule has 30 heavy (non-hydrogen) atoms. The molecule has 7 nitrogen and oxygen atoms in total. The molecule has 0 atom stereocenters. The van der Waals surface area contributed by atoms with Crippen LogP contribution >= 0.6 is 23.4 Å². The molecule has 158 valence electrons. The van der Waals surface area contributed by atoms with Crippen molar-refractivity contribution >= 4 is 29.3 Å². The van der Waals surface area contributed by atoms with E-state index in [9.17, 15) is 18.0 Å². The van der Waals surface area contributed by atoms with E-state index in [1.54, 1.807) is 30.3 Å². The maximum atomic E-state index is 12.2. The van der Waals surface area contributed by atoms with Crippen LogP contribution in [0.25, 0.3) is 11.5 Å². The highest BCUT2D eigenvalue weighted by Crippen LogP contribution is 2.24. The number of carbonyl (C=O) groups is 1. The van der Waals surface area contributed by atoms with Crippen LogP contribution in [0.15, 0.2) is 52.2 Å². The summed E-state index contributed by atoms with van der Waals surface area (Å²) in [4.78, 5) is 15.7. The van der Waals surface area contributed by atoms with E-state index in [-0.39, 0.29) is 29.3 Å². The number of nitrogens with one attached hydrogen (secondary N) is 1. The van der Waals surface area contributed by atoms with Crippen LogP contribution in [0, 0.1) is 0 Å². The number of thioether (sulfide) groups is 1. The van der Waals surface area contributed by atoms with Gasteiger partial charge in [-0.05, 0) is 35.9 Å². The second-order valence-corrected chi connectivity index (χ2v) is 7.21. The Kier molecular flexibility index (Phi) is 7.16. The van der Waals surface area contributed by atoms with Crippen LogP contribution in [0.5, 0.6) is 5.88 Å². The lowest BCUT2D eigenvalue weighted by Crippen LogP contribution is -2.24. The fraction of sp³-hybridized carbons (Fsp3) is 0.222. The standard InChI is InChI=1S/C18H14ClF3N4O3S/c19-13-3-1-12(2-4-13)16-25-26-17(29-16)30-9-14(27)24-8-11-5-6-23-15(7-11)28-10-18(20,21)22/h1-7H,8-10H2,(H,24,27). The summed E-state index contributed by atoms with van der Waals surface area (Å²) in [5.74, 6) is -0.169. The molecule has 0 unspecified atom stereocenters. The van der Waals surface area contributed by atoms with Crippen molar-refractivity contribution in [2.45, 2.75) is 17.9 Å². The summed E-state index contributed by atoms with van der Waals surface area (Å²) in [5, 5.41) is 11.2. The van der Waals surface area contributed by atoms with E-state index in [0.717, 1.165) is 11.8 Å². The second-order valence-electron chi connectivity index (χ2n) is 5.85. The topological polar surface area (TPSA) is 90.1 Å². The average molecular weight is 459 g/mol. The molecular formula is C18H14ClF3N4O3S. The van der Waals surface area contributed by atoms with Gasteiger partial charge in [0.15, 0.2) is 6.61 Å². The van der Waals surface area contributed by atoms with E-state index in [1.165, 1.54) is 12.3 Å². The second kappa shape index (κ2) is 9.81. The summed E-state index contributed by atoms with van der Waals surface area (Å²) < 4.78 is 46.7. The number of aromatic nitrogens is 3. The molecule has 12 heteroatoms. The lowest BCUT2D eigenvalue weighted by atomic mass is 10.2. The third-order valence-corrected chi connectivity index (χ3v) is 4.57. The van der Waals surface area contributed by atoms with Gasteiger partial charge in [0.1, 0.15) is 0 Å². The maximum absolute atomic E-state index is 12.2. The quantitative estimate of drug-likeness (QED) is 0.507. The Labute approximate surface area is 178 Å². The minimum atomic E-state index is -4.45. The van der Waals surface area contributed by atoms with E-state index in [4.69, 9.17) is 16.0 Å². The number of rotatable bonds is 8. The molecule has 2 aromatic heterocycles. The summed E-state index contributed by atoms with van der Waals surface area (Å²) in [5.41, 5.74) is 1.24. The monoisotopic (exact) mass is 458 g/mol. The molecule has 2 heterocycles. The lowest BCUT2D eigenvalue weighted by Gasteiger charge is -2.09. The number of hydrogen-bond donors (Lipinski definition) is 1. The van der Waals surface area contributed by atoms with E-state index < -0.39 is 12.8 Å². The molecule has 0 aliphatic carbocycles. The highest BCUT2D eigenvalue weighted by Gasteiger charge is 2.28. The van der Waals surface area contributed by atoms with Crippen LogP contribution in [0.2, 0.25) is 5.02 Å². The maximum Gasteiger partial charge on any atom is 0.422 e. The summed E-state index contributed by atoms with van der Waals surface area (Å²) in [6.07, 6.45) is -3.15. The number of alkyl halides is 3. The first-order chi connectivity index (χ1) is 14.3. The zero-order valence-electron chi connectivity index (χ0n) is 15.1. The van der Waals surface area contributed by atoms with Crippen LogP contribution in [0.3, 0.4) is 0 Å². The molecule has 0 saturated carbocycles. The van der Waals surface area contributed by atoms with Gasteiger partial charge >= 0.3 is 6.18 Å². The summed E-state index contributed by atoms with van der Waals surface area (Å²) in [6.45, 7) is -1.33. The Bertz CT molecular complexity index is 999. The van der Waals surface area contributed by atoms with E-state index >= 15 is 0 Å². The SMILES string of the molecule is O=C(CSc1nnc(-c2ccc(Cl)cc2)o1)NCc1ccnc(OCC(F)(F)F)c1. The number of ether oxygens (including phenoxy) is 1. The molecule has 3 rings (SSSR count). The predicted molar refractivity (Wildman–Crippen MR) is 103 cm³/mol. The third-order valence-electron chi connectivity index (χ3n) is 3.50. The molecule has 0 spiro atoms. The molecular weight excluding hydrogens is 445 g/mol. The van der Waals surface area contributed by atoms with Gasteiger partial charge in [0.05, 0.1) is 5.75 Å². The molecule has 0 saturated heterocycles. The molecule has 1 amide bonds. The molecule has 3 aromatic rings. The number of hydrogen-bond acceptors (Lipinski definition) is 7. The number of nitrogens with zero attached hydrogens (tertiary/aromatic N) is 3. The van der Waals surface area contributed by atoms with Crippen molar-refractivity contribution in [1.82, 2.24) is 20.5 Å². The minimum absolute atomic E-state index is 0.0186. The van der Waals surface area contributed by atoms with E-state index in [2.05, 4.69) is 25.2 Å². The Morgan fingerprint density at radius 2 is 1.97 bits per heavy atom. The van der Waals surface area contributed by atoms with E-state index in [1.807, 2.05) is 0 Å². The highest BCUT2D eigenvalue weighted by atomic mass is 35.5. The molecule has 0 radical (unpaired) electrons. The highest BCUT2D eigenvalue weighted by molar-refractivity contribution is 7.99. The van der Waals surface area contributed by atoms with Crippen LogP contribution in [-0.4, -0.2) is 39.6 Å². The number of amides is 1. The Hall–Kier alpha value is -2.79. The van der Waals surface area contributed by atoms with Gasteiger partial charge in [-0.1, -0.05) is 23.4 Å². The molecule has 0 aliphatic heterocycles. The van der Waals surface area contributed by atoms with Crippen molar-refractivity contribution < 1.29 is 27.1 Å². The van der Waals surface area contributed by atoms with Gasteiger partial charge in [0, 0.05) is 29.4 Å². The van der Waals surface area contributed by atoms with E-state index in [0.29, 0.717) is 22.0 Å². The van der Waals surface area contributed by atoms with Crippen molar-refractivity contribution in [3.05, 3.63) is 53.2 Å². The number of halogens is 4. The van der Waals surface area contributed by atoms with Gasteiger partial charge in [-0.25, -0.2) is 4.98 Å². The first kappa shape index (κ1) is 21.9. The van der Waals surface area contributed by atoms with Gasteiger partial charge in [0.2, 0.25) is 17.7 Å². The number of carbonyl (C=O) groups excluding carboxylic acids is 1. The summed E-state index contributed by atoms with van der Waals surface area (Å²) in [6, 6.07) is 9.75. The van der Waals surface area contributed by atoms with Gasteiger partial charge in [-0.15, -0.1) is 10.2 Å².